The average molecular weight is 471 g/mol. The number of carbonyl (C=O) groups is 1. The molecule has 1 amide bonds. The smallest absolute Gasteiger partial charge is 0.246 e. The molecule has 0 aliphatic carbocycles. The van der Waals surface area contributed by atoms with Crippen molar-refractivity contribution in [3.05, 3.63) is 96.3 Å². The standard InChI is InChI=1S/C24H23FN2O3S2/c25-21-13-7-8-14-22(21)32(29,30)27-17-15-26(16-18-27)24(28)23(19-9-3-1-4-10-19)31-20-11-5-2-6-12-20/h1-14,23H,15-18H2. The number of nitrogens with zero attached hydrogens (tertiary/aromatic N) is 2. The molecule has 1 unspecified atom stereocenters. The van der Waals surface area contributed by atoms with Gasteiger partial charge in [-0.25, -0.2) is 12.8 Å². The molecule has 0 radical (unpaired) electrons. The monoisotopic (exact) mass is 470 g/mol. The quantitative estimate of drug-likeness (QED) is 0.507. The van der Waals surface area contributed by atoms with Crippen molar-refractivity contribution in [1.82, 2.24) is 9.21 Å². The fraction of sp³-hybridized carbons (Fsp3) is 0.208. The third-order valence-electron chi connectivity index (χ3n) is 5.33. The van der Waals surface area contributed by atoms with Crippen molar-refractivity contribution >= 4 is 27.7 Å². The van der Waals surface area contributed by atoms with Crippen LogP contribution in [0.4, 0.5) is 4.39 Å². The molecule has 3 aromatic carbocycles. The van der Waals surface area contributed by atoms with E-state index >= 15 is 0 Å². The molecule has 1 aliphatic heterocycles. The lowest BCUT2D eigenvalue weighted by molar-refractivity contribution is -0.131. The van der Waals surface area contributed by atoms with Gasteiger partial charge in [0.15, 0.2) is 0 Å². The second kappa shape index (κ2) is 9.85. The molecule has 8 heteroatoms. The molecule has 1 aliphatic rings. The van der Waals surface area contributed by atoms with Crippen LogP contribution in [0.3, 0.4) is 0 Å². The fourth-order valence-electron chi connectivity index (χ4n) is 3.63. The summed E-state index contributed by atoms with van der Waals surface area (Å²) >= 11 is 1.48. The zero-order valence-electron chi connectivity index (χ0n) is 17.3. The molecule has 0 aromatic heterocycles. The summed E-state index contributed by atoms with van der Waals surface area (Å²) in [6.07, 6.45) is 0. The number of hydrogen-bond acceptors (Lipinski definition) is 4. The van der Waals surface area contributed by atoms with Crippen LogP contribution in [0.15, 0.2) is 94.7 Å². The summed E-state index contributed by atoms with van der Waals surface area (Å²) in [5, 5.41) is -0.437. The number of sulfonamides is 1. The fourth-order valence-corrected chi connectivity index (χ4v) is 6.25. The lowest BCUT2D eigenvalue weighted by Crippen LogP contribution is -2.51. The van der Waals surface area contributed by atoms with Gasteiger partial charge >= 0.3 is 0 Å². The Bertz CT molecular complexity index is 1170. The number of halogens is 1. The molecule has 0 saturated carbocycles. The SMILES string of the molecule is O=C(C(Sc1ccccc1)c1ccccc1)N1CCN(S(=O)(=O)c2ccccc2F)CC1. The van der Waals surface area contributed by atoms with E-state index < -0.39 is 21.1 Å². The number of hydrogen-bond donors (Lipinski definition) is 0. The molecular weight excluding hydrogens is 447 g/mol. The summed E-state index contributed by atoms with van der Waals surface area (Å²) in [7, 11) is -3.95. The first-order valence-electron chi connectivity index (χ1n) is 10.3. The normalized spacial score (nSPS) is 16.0. The van der Waals surface area contributed by atoms with E-state index in [9.17, 15) is 17.6 Å². The predicted octanol–water partition coefficient (Wildman–Crippen LogP) is 4.19. The van der Waals surface area contributed by atoms with Crippen molar-refractivity contribution in [2.24, 2.45) is 0 Å². The highest BCUT2D eigenvalue weighted by molar-refractivity contribution is 8.00. The van der Waals surface area contributed by atoms with Gasteiger partial charge in [-0.2, -0.15) is 4.31 Å². The molecule has 166 valence electrons. The maximum Gasteiger partial charge on any atom is 0.246 e. The maximum atomic E-state index is 14.1. The lowest BCUT2D eigenvalue weighted by Gasteiger charge is -2.35. The van der Waals surface area contributed by atoms with E-state index in [1.807, 2.05) is 60.7 Å². The molecule has 0 bridgehead atoms. The number of piperazine rings is 1. The van der Waals surface area contributed by atoms with Gasteiger partial charge in [-0.05, 0) is 29.8 Å². The number of carbonyl (C=O) groups excluding carboxylic acids is 1. The Morgan fingerprint density at radius 3 is 2.00 bits per heavy atom. The number of benzene rings is 3. The summed E-state index contributed by atoms with van der Waals surface area (Å²) in [5.41, 5.74) is 0.896. The highest BCUT2D eigenvalue weighted by Crippen LogP contribution is 2.37. The highest BCUT2D eigenvalue weighted by Gasteiger charge is 2.34. The summed E-state index contributed by atoms with van der Waals surface area (Å²) < 4.78 is 41.0. The van der Waals surface area contributed by atoms with Gasteiger partial charge in [0.1, 0.15) is 16.0 Å². The van der Waals surface area contributed by atoms with Crippen LogP contribution in [0.2, 0.25) is 0 Å². The van der Waals surface area contributed by atoms with Crippen molar-refractivity contribution < 1.29 is 17.6 Å². The van der Waals surface area contributed by atoms with Gasteiger partial charge < -0.3 is 4.90 Å². The van der Waals surface area contributed by atoms with Crippen LogP contribution in [0.1, 0.15) is 10.8 Å². The van der Waals surface area contributed by atoms with E-state index in [2.05, 4.69) is 0 Å². The van der Waals surface area contributed by atoms with Gasteiger partial charge in [0.05, 0.1) is 0 Å². The summed E-state index contributed by atoms with van der Waals surface area (Å²) in [4.78, 5) is 15.8. The largest absolute Gasteiger partial charge is 0.339 e. The van der Waals surface area contributed by atoms with Gasteiger partial charge in [-0.1, -0.05) is 60.7 Å². The van der Waals surface area contributed by atoms with Crippen molar-refractivity contribution in [2.75, 3.05) is 26.2 Å². The molecule has 1 saturated heterocycles. The Morgan fingerprint density at radius 1 is 0.812 bits per heavy atom. The lowest BCUT2D eigenvalue weighted by atomic mass is 10.1. The minimum atomic E-state index is -3.95. The average Bonchev–Trinajstić information content (AvgIpc) is 2.83. The Morgan fingerprint density at radius 2 is 1.38 bits per heavy atom. The van der Waals surface area contributed by atoms with Crippen LogP contribution in [0.25, 0.3) is 0 Å². The second-order valence-corrected chi connectivity index (χ2v) is 10.5. The molecule has 0 N–H and O–H groups in total. The summed E-state index contributed by atoms with van der Waals surface area (Å²) in [6.45, 7) is 0.760. The Balaban J connectivity index is 1.50. The maximum absolute atomic E-state index is 14.1. The minimum Gasteiger partial charge on any atom is -0.339 e. The van der Waals surface area contributed by atoms with E-state index in [4.69, 9.17) is 0 Å². The molecule has 1 heterocycles. The molecule has 1 fully saturated rings. The summed E-state index contributed by atoms with van der Waals surface area (Å²) in [5.74, 6) is -0.831. The van der Waals surface area contributed by atoms with Crippen molar-refractivity contribution in [3.63, 3.8) is 0 Å². The van der Waals surface area contributed by atoms with Crippen LogP contribution < -0.4 is 0 Å². The van der Waals surface area contributed by atoms with Gasteiger partial charge in [-0.3, -0.25) is 4.79 Å². The van der Waals surface area contributed by atoms with Gasteiger partial charge in [0.2, 0.25) is 15.9 Å². The third kappa shape index (κ3) is 4.87. The molecule has 1 atom stereocenters. The first-order chi connectivity index (χ1) is 15.5. The van der Waals surface area contributed by atoms with E-state index in [-0.39, 0.29) is 37.0 Å². The molecule has 3 aromatic rings. The molecule has 4 rings (SSSR count). The Hall–Kier alpha value is -2.68. The second-order valence-electron chi connectivity index (χ2n) is 7.38. The molecular formula is C24H23FN2O3S2. The van der Waals surface area contributed by atoms with Crippen molar-refractivity contribution in [2.45, 2.75) is 15.0 Å². The van der Waals surface area contributed by atoms with Gasteiger partial charge in [-0.15, -0.1) is 11.8 Å². The zero-order valence-corrected chi connectivity index (χ0v) is 18.9. The molecule has 32 heavy (non-hydrogen) atoms. The van der Waals surface area contributed by atoms with Gasteiger partial charge in [0, 0.05) is 31.1 Å². The number of rotatable bonds is 6. The van der Waals surface area contributed by atoms with E-state index in [0.717, 1.165) is 16.5 Å². The summed E-state index contributed by atoms with van der Waals surface area (Å²) in [6, 6.07) is 24.7. The van der Waals surface area contributed by atoms with Crippen LogP contribution in [-0.2, 0) is 14.8 Å². The van der Waals surface area contributed by atoms with Crippen molar-refractivity contribution in [3.8, 4) is 0 Å². The van der Waals surface area contributed by atoms with E-state index in [0.29, 0.717) is 0 Å². The van der Waals surface area contributed by atoms with E-state index in [1.165, 1.54) is 34.3 Å². The first kappa shape index (κ1) is 22.5. The van der Waals surface area contributed by atoms with Crippen LogP contribution in [0.5, 0.6) is 0 Å². The Kier molecular flexibility index (Phi) is 6.93. The third-order valence-corrected chi connectivity index (χ3v) is 8.51. The number of thioether (sulfide) groups is 1. The topological polar surface area (TPSA) is 57.7 Å². The van der Waals surface area contributed by atoms with Crippen LogP contribution >= 0.6 is 11.8 Å². The predicted molar refractivity (Wildman–Crippen MR) is 123 cm³/mol. The van der Waals surface area contributed by atoms with Crippen molar-refractivity contribution in [1.29, 1.82) is 0 Å². The Labute approximate surface area is 191 Å². The van der Waals surface area contributed by atoms with Gasteiger partial charge in [0.25, 0.3) is 0 Å². The van der Waals surface area contributed by atoms with E-state index in [1.54, 1.807) is 4.90 Å². The highest BCUT2D eigenvalue weighted by atomic mass is 32.2. The van der Waals surface area contributed by atoms with Crippen LogP contribution in [-0.4, -0.2) is 49.7 Å². The van der Waals surface area contributed by atoms with Crippen LogP contribution in [0, 0.1) is 5.82 Å². The molecule has 5 nitrogen and oxygen atoms in total. The minimum absolute atomic E-state index is 0.0620. The first-order valence-corrected chi connectivity index (χ1v) is 12.6. The number of amides is 1. The molecule has 0 spiro atoms. The zero-order chi connectivity index (χ0) is 22.6.